The zero-order valence-corrected chi connectivity index (χ0v) is 22.7. The summed E-state index contributed by atoms with van der Waals surface area (Å²) >= 11 is 0. The number of alkyl halides is 2. The van der Waals surface area contributed by atoms with Crippen molar-refractivity contribution >= 4 is 11.9 Å². The molecule has 4 N–H and O–H groups in total. The quantitative estimate of drug-likeness (QED) is 0.453. The average Bonchev–Trinajstić information content (AvgIpc) is 2.85. The zero-order chi connectivity index (χ0) is 26.4. The van der Waals surface area contributed by atoms with E-state index >= 15 is 8.78 Å². The summed E-state index contributed by atoms with van der Waals surface area (Å²) in [5.41, 5.74) is 0. The lowest BCUT2D eigenvalue weighted by Crippen LogP contribution is -2.74. The minimum atomic E-state index is -1.33. The molecule has 1 aliphatic carbocycles. The number of piperazine rings is 1. The molecule has 0 spiro atoms. The normalized spacial score (nSPS) is 45.6. The van der Waals surface area contributed by atoms with Crippen LogP contribution < -0.4 is 16.0 Å². The number of aliphatic imine (C=N–C) groups is 1. The van der Waals surface area contributed by atoms with Crippen LogP contribution in [0.25, 0.3) is 0 Å². The van der Waals surface area contributed by atoms with Crippen LogP contribution in [0.4, 0.5) is 13.6 Å². The number of piperidine rings is 2. The molecule has 4 fully saturated rings. The first kappa shape index (κ1) is 27.2. The van der Waals surface area contributed by atoms with Gasteiger partial charge < -0.3 is 25.5 Å². The lowest BCUT2D eigenvalue weighted by Gasteiger charge is -2.56. The van der Waals surface area contributed by atoms with Crippen molar-refractivity contribution in [3.05, 3.63) is 0 Å². The summed E-state index contributed by atoms with van der Waals surface area (Å²) in [7, 11) is 0. The van der Waals surface area contributed by atoms with Crippen LogP contribution in [0.5, 0.6) is 0 Å². The summed E-state index contributed by atoms with van der Waals surface area (Å²) in [5.74, 6) is 0.0504. The first-order valence-electron chi connectivity index (χ1n) is 14.5. The van der Waals surface area contributed by atoms with Crippen molar-refractivity contribution in [2.24, 2.45) is 28.7 Å². The molecule has 0 aromatic carbocycles. The average molecular weight is 525 g/mol. The number of rotatable bonds is 3. The molecule has 0 bridgehead atoms. The fourth-order valence-corrected chi connectivity index (χ4v) is 7.75. The highest BCUT2D eigenvalue weighted by atomic mass is 19.1. The largest absolute Gasteiger partial charge is 0.393 e. The molecule has 1 saturated carbocycles. The number of aliphatic hydroxyl groups excluding tert-OH is 1. The molecule has 10 heteroatoms. The smallest absolute Gasteiger partial charge is 0.346 e. The predicted molar refractivity (Wildman–Crippen MR) is 140 cm³/mol. The van der Waals surface area contributed by atoms with Gasteiger partial charge in [0.15, 0.2) is 0 Å². The standard InChI is InChI=1S/C27H46F2N6O2/c1-14(2)22-24(15(3)8-9-31-22)35-26-17(25(33-27(35)37)34-11-10-30-13-16(34)4)12-19(29)23(32-26)21-18(28)6-5-7-20(21)36/h14-24,26,30-32,36H,5-13H2,1-4H3/t15?,16-,17?,18?,19?,20?,21?,22?,23?,24?,26?/m0/s1. The summed E-state index contributed by atoms with van der Waals surface area (Å²) in [6.07, 6.45) is -1.44. The van der Waals surface area contributed by atoms with Crippen molar-refractivity contribution in [3.8, 4) is 0 Å². The van der Waals surface area contributed by atoms with Gasteiger partial charge in [-0.05, 0) is 57.4 Å². The van der Waals surface area contributed by atoms with E-state index in [9.17, 15) is 9.90 Å². The third-order valence-electron chi connectivity index (χ3n) is 9.70. The maximum Gasteiger partial charge on any atom is 0.346 e. The number of aliphatic hydroxyl groups is 1. The van der Waals surface area contributed by atoms with Crippen LogP contribution >= 0.6 is 0 Å². The van der Waals surface area contributed by atoms with E-state index in [2.05, 4.69) is 53.5 Å². The summed E-state index contributed by atoms with van der Waals surface area (Å²) in [6.45, 7) is 11.8. The van der Waals surface area contributed by atoms with Crippen LogP contribution in [0.3, 0.4) is 0 Å². The van der Waals surface area contributed by atoms with E-state index in [1.165, 1.54) is 0 Å². The molecular formula is C27H46F2N6O2. The third-order valence-corrected chi connectivity index (χ3v) is 9.70. The molecule has 11 atom stereocenters. The molecule has 0 aromatic rings. The Bertz CT molecular complexity index is 851. The van der Waals surface area contributed by atoms with Crippen LogP contribution in [0.1, 0.15) is 59.8 Å². The van der Waals surface area contributed by atoms with Gasteiger partial charge in [0, 0.05) is 43.7 Å². The van der Waals surface area contributed by atoms with Crippen LogP contribution in [-0.2, 0) is 0 Å². The van der Waals surface area contributed by atoms with Gasteiger partial charge in [-0.1, -0.05) is 20.8 Å². The van der Waals surface area contributed by atoms with E-state index in [1.54, 1.807) is 0 Å². The maximum absolute atomic E-state index is 16.0. The first-order chi connectivity index (χ1) is 17.7. The van der Waals surface area contributed by atoms with Crippen molar-refractivity contribution in [2.75, 3.05) is 26.2 Å². The molecule has 2 amide bonds. The second-order valence-corrected chi connectivity index (χ2v) is 12.5. The van der Waals surface area contributed by atoms with Gasteiger partial charge in [-0.2, -0.15) is 4.99 Å². The van der Waals surface area contributed by atoms with Crippen LogP contribution in [-0.4, -0.2) is 102 Å². The fraction of sp³-hybridized carbons (Fsp3) is 0.926. The molecule has 4 aliphatic heterocycles. The Kier molecular flexibility index (Phi) is 8.11. The van der Waals surface area contributed by atoms with Crippen molar-refractivity contribution in [2.45, 2.75) is 109 Å². The Morgan fingerprint density at radius 3 is 2.59 bits per heavy atom. The first-order valence-corrected chi connectivity index (χ1v) is 14.5. The van der Waals surface area contributed by atoms with Crippen LogP contribution in [0, 0.1) is 23.7 Å². The minimum absolute atomic E-state index is 0.0840. The number of carbonyl (C=O) groups excluding carboxylic acids is 1. The topological polar surface area (TPSA) is 92.2 Å². The summed E-state index contributed by atoms with van der Waals surface area (Å²) in [6, 6.07) is -1.02. The second kappa shape index (κ2) is 11.0. The highest BCUT2D eigenvalue weighted by Crippen LogP contribution is 2.41. The van der Waals surface area contributed by atoms with Gasteiger partial charge in [0.25, 0.3) is 0 Å². The van der Waals surface area contributed by atoms with Crippen LogP contribution in [0.15, 0.2) is 4.99 Å². The Hall–Kier alpha value is -1.36. The van der Waals surface area contributed by atoms with E-state index in [-0.39, 0.29) is 42.4 Å². The van der Waals surface area contributed by atoms with E-state index in [0.717, 1.165) is 26.1 Å². The highest BCUT2D eigenvalue weighted by molar-refractivity contribution is 5.98. The lowest BCUT2D eigenvalue weighted by atomic mass is 9.73. The Labute approximate surface area is 220 Å². The maximum atomic E-state index is 16.0. The van der Waals surface area contributed by atoms with Crippen LogP contribution in [0.2, 0.25) is 0 Å². The van der Waals surface area contributed by atoms with Gasteiger partial charge in [0.1, 0.15) is 18.2 Å². The molecule has 8 nitrogen and oxygen atoms in total. The Morgan fingerprint density at radius 2 is 1.89 bits per heavy atom. The van der Waals surface area contributed by atoms with E-state index in [1.807, 2.05) is 4.90 Å². The minimum Gasteiger partial charge on any atom is -0.393 e. The molecule has 5 aliphatic rings. The SMILES string of the molecule is CC(C)C1NCCC(C)C1N1C(=O)N=C(N2CCNC[C@@H]2C)C2CC(F)C(C3C(O)CCCC3F)NC21. The number of hydrogen-bond donors (Lipinski definition) is 4. The number of carbonyl (C=O) groups is 1. The monoisotopic (exact) mass is 524 g/mol. The van der Waals surface area contributed by atoms with Gasteiger partial charge in [-0.3, -0.25) is 5.32 Å². The van der Waals surface area contributed by atoms with Gasteiger partial charge in [-0.15, -0.1) is 0 Å². The molecular weight excluding hydrogens is 478 g/mol. The summed E-state index contributed by atoms with van der Waals surface area (Å²) in [5, 5.41) is 21.2. The Morgan fingerprint density at radius 1 is 1.11 bits per heavy atom. The number of amides is 2. The number of amidine groups is 1. The third kappa shape index (κ3) is 5.03. The zero-order valence-electron chi connectivity index (χ0n) is 22.7. The molecule has 210 valence electrons. The van der Waals surface area contributed by atoms with Gasteiger partial charge in [0.05, 0.1) is 24.2 Å². The lowest BCUT2D eigenvalue weighted by molar-refractivity contribution is -0.0602. The van der Waals surface area contributed by atoms with E-state index in [0.29, 0.717) is 37.6 Å². The molecule has 10 unspecified atom stereocenters. The molecule has 5 rings (SSSR count). The molecule has 3 saturated heterocycles. The van der Waals surface area contributed by atoms with Crippen molar-refractivity contribution in [1.82, 2.24) is 25.8 Å². The van der Waals surface area contributed by atoms with E-state index in [4.69, 9.17) is 0 Å². The number of halogens is 2. The van der Waals surface area contributed by atoms with Crippen molar-refractivity contribution in [3.63, 3.8) is 0 Å². The fourth-order valence-electron chi connectivity index (χ4n) is 7.75. The predicted octanol–water partition coefficient (Wildman–Crippen LogP) is 2.28. The molecule has 0 aromatic heterocycles. The van der Waals surface area contributed by atoms with Crippen molar-refractivity contribution in [1.29, 1.82) is 0 Å². The molecule has 4 heterocycles. The van der Waals surface area contributed by atoms with Gasteiger partial charge in [-0.25, -0.2) is 13.6 Å². The highest BCUT2D eigenvalue weighted by Gasteiger charge is 2.55. The number of nitrogens with one attached hydrogen (secondary N) is 3. The van der Waals surface area contributed by atoms with Gasteiger partial charge >= 0.3 is 6.03 Å². The number of hydrogen-bond acceptors (Lipinski definition) is 6. The summed E-state index contributed by atoms with van der Waals surface area (Å²) in [4.78, 5) is 22.6. The second-order valence-electron chi connectivity index (χ2n) is 12.5. The number of urea groups is 1. The number of fused-ring (bicyclic) bond motifs is 1. The number of nitrogens with zero attached hydrogens (tertiary/aromatic N) is 3. The summed E-state index contributed by atoms with van der Waals surface area (Å²) < 4.78 is 31.2. The molecule has 0 radical (unpaired) electrons. The van der Waals surface area contributed by atoms with Crippen molar-refractivity contribution < 1.29 is 18.7 Å². The Balaban J connectivity index is 1.54. The van der Waals surface area contributed by atoms with E-state index < -0.39 is 36.6 Å². The van der Waals surface area contributed by atoms with Gasteiger partial charge in [0.2, 0.25) is 0 Å². The molecule has 37 heavy (non-hydrogen) atoms.